The number of aliphatic hydroxyl groups excluding tert-OH is 19. The number of hydrogen-bond donors (Lipinski definition) is 22. The van der Waals surface area contributed by atoms with Gasteiger partial charge in [-0.15, -0.1) is 0 Å². The number of ether oxygens (including phenoxy) is 12. The van der Waals surface area contributed by atoms with E-state index in [-0.39, 0.29) is 0 Å². The van der Waals surface area contributed by atoms with Crippen LogP contribution >= 0.6 is 0 Å². The first-order valence-corrected chi connectivity index (χ1v) is 28.3. The molecule has 86 heavy (non-hydrogen) atoms. The highest BCUT2D eigenvalue weighted by atomic mass is 32.3. The molecule has 0 bridgehead atoms. The molecule has 34 atom stereocenters. The van der Waals surface area contributed by atoms with Crippen molar-refractivity contribution in [3.05, 3.63) is 0 Å². The Balaban J connectivity index is 1.37. The summed E-state index contributed by atoms with van der Waals surface area (Å²) >= 11 is 0. The molecule has 0 aromatic heterocycles. The third-order valence-corrected chi connectivity index (χ3v) is 15.5. The van der Waals surface area contributed by atoms with Gasteiger partial charge in [0, 0.05) is 13.8 Å². The van der Waals surface area contributed by atoms with Crippen LogP contribution in [0.15, 0.2) is 0 Å². The summed E-state index contributed by atoms with van der Waals surface area (Å²) in [5.41, 5.74) is 0. The minimum Gasteiger partial charge on any atom is -0.394 e. The van der Waals surface area contributed by atoms with Crippen molar-refractivity contribution in [3.8, 4) is 0 Å². The van der Waals surface area contributed by atoms with Crippen molar-refractivity contribution in [1.29, 1.82) is 0 Å². The highest BCUT2D eigenvalue weighted by Crippen LogP contribution is 2.38. The molecule has 0 unspecified atom stereocenters. The minimum atomic E-state index is -5.29. The van der Waals surface area contributed by atoms with E-state index >= 15 is 0 Å². The summed E-state index contributed by atoms with van der Waals surface area (Å²) in [5, 5.41) is 212. The molecule has 0 aromatic rings. The maximum absolute atomic E-state index is 12.7. The molecule has 6 aliphatic rings. The Hall–Kier alpha value is -2.43. The fourth-order valence-corrected chi connectivity index (χ4v) is 10.6. The summed E-state index contributed by atoms with van der Waals surface area (Å²) in [6, 6.07) is -3.71. The molecule has 6 saturated heterocycles. The van der Waals surface area contributed by atoms with Crippen LogP contribution in [-0.2, 0) is 81.0 Å². The molecule has 40 heteroatoms. The van der Waals surface area contributed by atoms with Crippen molar-refractivity contribution in [1.82, 2.24) is 10.6 Å². The van der Waals surface area contributed by atoms with E-state index < -0.39 is 270 Å². The fraction of sp³-hybridized carbons (Fsp3) is 0.957. The second-order valence-electron chi connectivity index (χ2n) is 21.3. The lowest BCUT2D eigenvalue weighted by Crippen LogP contribution is -2.69. The summed E-state index contributed by atoms with van der Waals surface area (Å²) in [4.78, 5) is 25.4. The summed E-state index contributed by atoms with van der Waals surface area (Å²) in [5.74, 6) is -1.86. The number of nitrogens with one attached hydrogen (secondary N) is 2. The lowest BCUT2D eigenvalue weighted by atomic mass is 9.95. The molecule has 22 N–H and O–H groups in total. The Kier molecular flexibility index (Phi) is 26.4. The molecule has 502 valence electrons. The summed E-state index contributed by atoms with van der Waals surface area (Å²) in [6.45, 7) is -2.59. The predicted molar refractivity (Wildman–Crippen MR) is 265 cm³/mol. The smallest absolute Gasteiger partial charge is 0.394 e. The maximum atomic E-state index is 12.7. The Labute approximate surface area is 488 Å². The van der Waals surface area contributed by atoms with Crippen LogP contribution in [0.3, 0.4) is 0 Å². The van der Waals surface area contributed by atoms with Crippen molar-refractivity contribution in [2.24, 2.45) is 0 Å². The molecule has 2 amide bonds. The van der Waals surface area contributed by atoms with Gasteiger partial charge in [-0.05, 0) is 13.8 Å². The highest BCUT2D eigenvalue weighted by molar-refractivity contribution is 7.80. The van der Waals surface area contributed by atoms with Gasteiger partial charge in [0.2, 0.25) is 11.8 Å². The number of carbonyl (C=O) groups excluding carboxylic acids is 2. The lowest BCUT2D eigenvalue weighted by Gasteiger charge is -2.50. The van der Waals surface area contributed by atoms with Crippen LogP contribution in [0.4, 0.5) is 0 Å². The second kappa shape index (κ2) is 31.3. The molecule has 39 nitrogen and oxygen atoms in total. The molecule has 6 aliphatic heterocycles. The molecule has 0 spiro atoms. The van der Waals surface area contributed by atoms with E-state index in [9.17, 15) is 120 Å². The fourth-order valence-electron chi connectivity index (χ4n) is 10.3. The molecule has 6 rings (SSSR count). The largest absolute Gasteiger partial charge is 0.397 e. The van der Waals surface area contributed by atoms with Gasteiger partial charge in [0.1, 0.15) is 153 Å². The van der Waals surface area contributed by atoms with Gasteiger partial charge in [0.05, 0.1) is 57.9 Å². The van der Waals surface area contributed by atoms with Gasteiger partial charge in [0.15, 0.2) is 37.7 Å². The van der Waals surface area contributed by atoms with Crippen molar-refractivity contribution >= 4 is 22.2 Å². The minimum absolute atomic E-state index is 0.914. The van der Waals surface area contributed by atoms with E-state index in [1.165, 1.54) is 13.8 Å². The van der Waals surface area contributed by atoms with Crippen molar-refractivity contribution in [2.75, 3.05) is 39.6 Å². The Morgan fingerprint density at radius 1 is 0.488 bits per heavy atom. The molecule has 6 heterocycles. The number of amides is 2. The quantitative estimate of drug-likeness (QED) is 0.0377. The average Bonchev–Trinajstić information content (AvgIpc) is 1.18. The lowest BCUT2D eigenvalue weighted by molar-refractivity contribution is -0.407. The first-order chi connectivity index (χ1) is 40.3. The first-order valence-electron chi connectivity index (χ1n) is 26.9. The molecule has 6 fully saturated rings. The summed E-state index contributed by atoms with van der Waals surface area (Å²) < 4.78 is 107. The molecular formula is C46H80N2O37S. The van der Waals surface area contributed by atoms with Crippen LogP contribution < -0.4 is 10.6 Å². The first kappa shape index (κ1) is 72.6. The number of rotatable bonds is 25. The topological polar surface area (TPSA) is 617 Å². The van der Waals surface area contributed by atoms with E-state index in [0.29, 0.717) is 0 Å². The third-order valence-electron chi connectivity index (χ3n) is 15.1. The molecule has 0 radical (unpaired) electrons. The van der Waals surface area contributed by atoms with Crippen LogP contribution in [0.25, 0.3) is 0 Å². The van der Waals surface area contributed by atoms with E-state index in [1.807, 2.05) is 0 Å². The highest BCUT2D eigenvalue weighted by Gasteiger charge is 2.58. The van der Waals surface area contributed by atoms with Gasteiger partial charge in [-0.3, -0.25) is 14.1 Å². The van der Waals surface area contributed by atoms with Crippen molar-refractivity contribution < 1.29 is 181 Å². The molecule has 0 aliphatic carbocycles. The zero-order valence-corrected chi connectivity index (χ0v) is 47.0. The Bertz CT molecular complexity index is 2240. The molecule has 0 aromatic carbocycles. The number of aliphatic hydroxyl groups is 19. The number of carbonyl (C=O) groups is 2. The standard InChI is InChI=1S/C46H80N2O37S/c1-11-22(56)29(63)33(67)42(75-11)82-37-21(48-14(4)54)41(80-20(28(37)62)10-74-86(70,71)72)73-9-16(55)24(58)36(15(5-49)47-13(3)53)81-46-40(85-43-34(68)30(64)23(57)12(2)76-43)38(27(61)19(8-52)79-46)83-45-39(32(66)26(60)18(7-51)78-45)84-44-35(69)31(65)25(59)17(6-50)77-44/h11-12,15-46,49-52,55-69H,5-10H2,1-4H3,(H,47,53)(H,48,54)(H,70,71,72)/t11-,12-,15-,16+,17+,18+,19+,20+,21+,22+,23+,24-,25-,26-,27-,28+,29+,30+,31-,32-,33-,34-,35+,36+,37+,38-,39+,40+,41+,42-,43-,44-,45+,46-/m0/s1. The van der Waals surface area contributed by atoms with Gasteiger partial charge in [0.25, 0.3) is 0 Å². The van der Waals surface area contributed by atoms with Crippen LogP contribution in [0.5, 0.6) is 0 Å². The second-order valence-corrected chi connectivity index (χ2v) is 22.4. The van der Waals surface area contributed by atoms with Crippen LogP contribution in [0, 0.1) is 0 Å². The van der Waals surface area contributed by atoms with Crippen LogP contribution in [0.2, 0.25) is 0 Å². The zero-order valence-electron chi connectivity index (χ0n) is 46.2. The maximum Gasteiger partial charge on any atom is 0.397 e. The van der Waals surface area contributed by atoms with Gasteiger partial charge < -0.3 is 164 Å². The van der Waals surface area contributed by atoms with E-state index in [4.69, 9.17) is 56.8 Å². The normalized spacial score (nSPS) is 45.8. The monoisotopic (exact) mass is 1280 g/mol. The van der Waals surface area contributed by atoms with Crippen LogP contribution in [-0.4, -0.2) is 370 Å². The molecular weight excluding hydrogens is 1200 g/mol. The van der Waals surface area contributed by atoms with Crippen molar-refractivity contribution in [3.63, 3.8) is 0 Å². The third kappa shape index (κ3) is 17.0. The Morgan fingerprint density at radius 2 is 0.919 bits per heavy atom. The van der Waals surface area contributed by atoms with Gasteiger partial charge >= 0.3 is 10.4 Å². The number of hydrogen-bond acceptors (Lipinski definition) is 36. The van der Waals surface area contributed by atoms with E-state index in [0.717, 1.165) is 13.8 Å². The Morgan fingerprint density at radius 3 is 1.42 bits per heavy atom. The van der Waals surface area contributed by atoms with Gasteiger partial charge in [-0.2, -0.15) is 8.42 Å². The molecule has 0 saturated carbocycles. The average molecular weight is 1290 g/mol. The van der Waals surface area contributed by atoms with Crippen molar-refractivity contribution in [2.45, 2.75) is 236 Å². The summed E-state index contributed by atoms with van der Waals surface area (Å²) in [6.07, 6.45) is -65.4. The summed E-state index contributed by atoms with van der Waals surface area (Å²) in [7, 11) is -5.29. The predicted octanol–water partition coefficient (Wildman–Crippen LogP) is -14.5. The van der Waals surface area contributed by atoms with Gasteiger partial charge in [-0.25, -0.2) is 4.18 Å². The SMILES string of the molecule is CC(=O)N[C@H]1[C@H](OC[C@@H](O)[C@H](O)[C@H](O[C@@H]2O[C@H](CO)[C@H](O)[C@H](O[C@H]3O[C@H](CO)[C@H](O)[C@H](O)[C@H]3O[C@@H]3O[C@H](CO)[C@H](O)[C@H](O)[C@H]3O)[C@H]2O[C@@H]2O[C@@H](C)[C@@H](O)[C@@H](O)[C@@H]2O)[C@H](CO)NC(C)=O)O[C@H](COS(=O)(=O)O)[C@@H](O)[C@@H]1O[C@@H]1O[C@@H](C)[C@@H](O)[C@@H](O)[C@@H]1O. The van der Waals surface area contributed by atoms with Gasteiger partial charge in [-0.1, -0.05) is 0 Å². The van der Waals surface area contributed by atoms with E-state index in [2.05, 4.69) is 14.8 Å². The van der Waals surface area contributed by atoms with E-state index in [1.54, 1.807) is 0 Å². The van der Waals surface area contributed by atoms with Crippen LogP contribution in [0.1, 0.15) is 27.7 Å². The zero-order chi connectivity index (χ0) is 64.1.